The van der Waals surface area contributed by atoms with E-state index < -0.39 is 5.82 Å². The van der Waals surface area contributed by atoms with Crippen molar-refractivity contribution in [2.24, 2.45) is 5.92 Å². The Morgan fingerprint density at radius 3 is 2.53 bits per heavy atom. The second-order valence-corrected chi connectivity index (χ2v) is 3.98. The van der Waals surface area contributed by atoms with E-state index in [1.807, 2.05) is 0 Å². The molecule has 0 N–H and O–H groups in total. The van der Waals surface area contributed by atoms with Crippen molar-refractivity contribution in [1.82, 2.24) is 0 Å². The predicted octanol–water partition coefficient (Wildman–Crippen LogP) is 4.29. The number of hydrogen-bond acceptors (Lipinski definition) is 1. The van der Waals surface area contributed by atoms with Gasteiger partial charge >= 0.3 is 0 Å². The van der Waals surface area contributed by atoms with E-state index in [-0.39, 0.29) is 5.02 Å². The fraction of sp³-hybridized carbons (Fsp3) is 0.500. The molecule has 0 heterocycles. The second-order valence-electron chi connectivity index (χ2n) is 3.57. The number of benzene rings is 1. The monoisotopic (exact) mass is 230 g/mol. The Labute approximate surface area is 95.2 Å². The molecular formula is C12H16ClFO. The van der Waals surface area contributed by atoms with Gasteiger partial charge in [0.15, 0.2) is 0 Å². The standard InChI is InChI=1S/C12H16ClFO/c1-3-9(4-2)8-15-10-5-6-11(13)12(14)7-10/h5-7,9H,3-4,8H2,1-2H3. The van der Waals surface area contributed by atoms with E-state index in [9.17, 15) is 4.39 Å². The normalized spacial score (nSPS) is 10.7. The molecule has 0 aliphatic carbocycles. The van der Waals surface area contributed by atoms with Gasteiger partial charge in [-0.05, 0) is 18.1 Å². The smallest absolute Gasteiger partial charge is 0.145 e. The van der Waals surface area contributed by atoms with Crippen LogP contribution in [0, 0.1) is 11.7 Å². The Morgan fingerprint density at radius 2 is 2.00 bits per heavy atom. The molecule has 0 unspecified atom stereocenters. The van der Waals surface area contributed by atoms with Gasteiger partial charge in [-0.25, -0.2) is 4.39 Å². The van der Waals surface area contributed by atoms with Crippen LogP contribution in [0.5, 0.6) is 5.75 Å². The van der Waals surface area contributed by atoms with Crippen LogP contribution in [0.1, 0.15) is 26.7 Å². The molecule has 0 fully saturated rings. The lowest BCUT2D eigenvalue weighted by Crippen LogP contribution is -2.10. The highest BCUT2D eigenvalue weighted by atomic mass is 35.5. The summed E-state index contributed by atoms with van der Waals surface area (Å²) in [5.41, 5.74) is 0. The maximum Gasteiger partial charge on any atom is 0.145 e. The van der Waals surface area contributed by atoms with E-state index in [2.05, 4.69) is 13.8 Å². The van der Waals surface area contributed by atoms with Crippen LogP contribution >= 0.6 is 11.6 Å². The zero-order chi connectivity index (χ0) is 11.3. The minimum atomic E-state index is -0.432. The van der Waals surface area contributed by atoms with Gasteiger partial charge in [-0.2, -0.15) is 0 Å². The summed E-state index contributed by atoms with van der Waals surface area (Å²) in [6.07, 6.45) is 2.15. The zero-order valence-electron chi connectivity index (χ0n) is 9.09. The summed E-state index contributed by atoms with van der Waals surface area (Å²) in [4.78, 5) is 0. The number of halogens is 2. The van der Waals surface area contributed by atoms with Crippen molar-refractivity contribution < 1.29 is 9.13 Å². The molecule has 0 amide bonds. The summed E-state index contributed by atoms with van der Waals surface area (Å²) in [7, 11) is 0. The zero-order valence-corrected chi connectivity index (χ0v) is 9.85. The fourth-order valence-electron chi connectivity index (χ4n) is 1.31. The van der Waals surface area contributed by atoms with Crippen LogP contribution in [0.15, 0.2) is 18.2 Å². The van der Waals surface area contributed by atoms with Crippen molar-refractivity contribution in [3.8, 4) is 5.75 Å². The molecule has 1 rings (SSSR count). The summed E-state index contributed by atoms with van der Waals surface area (Å²) in [5, 5.41) is 0.130. The second kappa shape index (κ2) is 5.96. The van der Waals surface area contributed by atoms with Gasteiger partial charge in [-0.1, -0.05) is 38.3 Å². The summed E-state index contributed by atoms with van der Waals surface area (Å²) in [5.74, 6) is 0.645. The molecule has 84 valence electrons. The molecule has 3 heteroatoms. The molecule has 15 heavy (non-hydrogen) atoms. The molecule has 0 aliphatic heterocycles. The molecule has 0 saturated carbocycles. The Bertz CT molecular complexity index is 310. The van der Waals surface area contributed by atoms with Crippen LogP contribution in [-0.4, -0.2) is 6.61 Å². The lowest BCUT2D eigenvalue weighted by Gasteiger charge is -2.13. The van der Waals surface area contributed by atoms with E-state index in [0.717, 1.165) is 12.8 Å². The minimum absolute atomic E-state index is 0.130. The third-order valence-electron chi connectivity index (χ3n) is 2.53. The molecule has 1 nitrogen and oxygen atoms in total. The lowest BCUT2D eigenvalue weighted by atomic mass is 10.1. The van der Waals surface area contributed by atoms with E-state index in [0.29, 0.717) is 18.3 Å². The van der Waals surface area contributed by atoms with Crippen LogP contribution in [0.4, 0.5) is 4.39 Å². The van der Waals surface area contributed by atoms with Crippen LogP contribution in [0.2, 0.25) is 5.02 Å². The van der Waals surface area contributed by atoms with Crippen molar-refractivity contribution in [2.75, 3.05) is 6.61 Å². The molecule has 0 atom stereocenters. The van der Waals surface area contributed by atoms with E-state index in [1.165, 1.54) is 12.1 Å². The molecular weight excluding hydrogens is 215 g/mol. The average molecular weight is 231 g/mol. The summed E-state index contributed by atoms with van der Waals surface area (Å²) in [6.45, 7) is 4.88. The molecule has 0 aromatic heterocycles. The summed E-state index contributed by atoms with van der Waals surface area (Å²) >= 11 is 5.57. The van der Waals surface area contributed by atoms with Gasteiger partial charge in [0.2, 0.25) is 0 Å². The van der Waals surface area contributed by atoms with Crippen molar-refractivity contribution in [1.29, 1.82) is 0 Å². The molecule has 0 radical (unpaired) electrons. The van der Waals surface area contributed by atoms with Crippen LogP contribution in [0.3, 0.4) is 0 Å². The SMILES string of the molecule is CCC(CC)COc1ccc(Cl)c(F)c1. The topological polar surface area (TPSA) is 9.23 Å². The third kappa shape index (κ3) is 3.71. The Morgan fingerprint density at radius 1 is 1.33 bits per heavy atom. The van der Waals surface area contributed by atoms with Gasteiger partial charge in [-0.3, -0.25) is 0 Å². The summed E-state index contributed by atoms with van der Waals surface area (Å²) < 4.78 is 18.5. The van der Waals surface area contributed by atoms with Crippen molar-refractivity contribution >= 4 is 11.6 Å². The first-order valence-corrected chi connectivity index (χ1v) is 5.63. The highest BCUT2D eigenvalue weighted by Crippen LogP contribution is 2.21. The maximum atomic E-state index is 13.1. The minimum Gasteiger partial charge on any atom is -0.493 e. The Hall–Kier alpha value is -0.760. The third-order valence-corrected chi connectivity index (χ3v) is 2.84. The molecule has 1 aromatic carbocycles. The van der Waals surface area contributed by atoms with Crippen LogP contribution < -0.4 is 4.74 Å². The molecule has 1 aromatic rings. The van der Waals surface area contributed by atoms with Gasteiger partial charge < -0.3 is 4.74 Å². The average Bonchev–Trinajstić information content (AvgIpc) is 2.24. The Kier molecular flexibility index (Phi) is 4.89. The lowest BCUT2D eigenvalue weighted by molar-refractivity contribution is 0.240. The summed E-state index contributed by atoms with van der Waals surface area (Å²) in [6, 6.07) is 4.53. The van der Waals surface area contributed by atoms with E-state index >= 15 is 0 Å². The van der Waals surface area contributed by atoms with Crippen molar-refractivity contribution in [2.45, 2.75) is 26.7 Å². The van der Waals surface area contributed by atoms with E-state index in [4.69, 9.17) is 16.3 Å². The molecule has 0 saturated heterocycles. The van der Waals surface area contributed by atoms with Crippen molar-refractivity contribution in [3.63, 3.8) is 0 Å². The highest BCUT2D eigenvalue weighted by Gasteiger charge is 2.06. The Balaban J connectivity index is 2.54. The van der Waals surface area contributed by atoms with Gasteiger partial charge in [-0.15, -0.1) is 0 Å². The number of ether oxygens (including phenoxy) is 1. The van der Waals surface area contributed by atoms with Crippen LogP contribution in [0.25, 0.3) is 0 Å². The van der Waals surface area contributed by atoms with Gasteiger partial charge in [0, 0.05) is 6.07 Å². The number of rotatable bonds is 5. The van der Waals surface area contributed by atoms with Crippen LogP contribution in [-0.2, 0) is 0 Å². The number of hydrogen-bond donors (Lipinski definition) is 0. The van der Waals surface area contributed by atoms with Gasteiger partial charge in [0.05, 0.1) is 11.6 Å². The fourth-order valence-corrected chi connectivity index (χ4v) is 1.42. The molecule has 0 spiro atoms. The quantitative estimate of drug-likeness (QED) is 0.733. The van der Waals surface area contributed by atoms with Crippen molar-refractivity contribution in [3.05, 3.63) is 29.0 Å². The maximum absolute atomic E-state index is 13.1. The molecule has 0 bridgehead atoms. The first-order chi connectivity index (χ1) is 7.17. The first-order valence-electron chi connectivity index (χ1n) is 5.25. The highest BCUT2D eigenvalue weighted by molar-refractivity contribution is 6.30. The predicted molar refractivity (Wildman–Crippen MR) is 61.0 cm³/mol. The molecule has 0 aliphatic rings. The largest absolute Gasteiger partial charge is 0.493 e. The van der Waals surface area contributed by atoms with Gasteiger partial charge in [0.25, 0.3) is 0 Å². The van der Waals surface area contributed by atoms with E-state index in [1.54, 1.807) is 6.07 Å². The first kappa shape index (κ1) is 12.3. The van der Waals surface area contributed by atoms with Gasteiger partial charge in [0.1, 0.15) is 11.6 Å².